The van der Waals surface area contributed by atoms with Crippen molar-refractivity contribution >= 4 is 39.1 Å². The van der Waals surface area contributed by atoms with Gasteiger partial charge in [-0.1, -0.05) is 79.2 Å². The Kier molecular flexibility index (Phi) is 11.8. The summed E-state index contributed by atoms with van der Waals surface area (Å²) in [4.78, 5) is 29.7. The minimum atomic E-state index is -4.34. The summed E-state index contributed by atoms with van der Waals surface area (Å²) < 4.78 is 48.5. The van der Waals surface area contributed by atoms with Crippen LogP contribution in [0, 0.1) is 5.82 Å². The maximum Gasteiger partial charge on any atom is 0.264 e. The third-order valence-electron chi connectivity index (χ3n) is 7.56. The number of rotatable bonds is 14. The molecule has 0 spiro atoms. The monoisotopic (exact) mass is 665 g/mol. The number of anilines is 1. The Hall–Kier alpha value is -4.41. The summed E-state index contributed by atoms with van der Waals surface area (Å²) in [6, 6.07) is 26.3. The molecule has 0 saturated heterocycles. The summed E-state index contributed by atoms with van der Waals surface area (Å²) in [6.07, 6.45) is 0.842. The fourth-order valence-corrected chi connectivity index (χ4v) is 6.45. The first-order chi connectivity index (χ1) is 22.0. The van der Waals surface area contributed by atoms with E-state index in [1.807, 2.05) is 44.2 Å². The van der Waals surface area contributed by atoms with Gasteiger partial charge in [-0.05, 0) is 66.9 Å². The first-order valence-corrected chi connectivity index (χ1v) is 16.6. The summed E-state index contributed by atoms with van der Waals surface area (Å²) in [6.45, 7) is 3.10. The van der Waals surface area contributed by atoms with Crippen molar-refractivity contribution in [3.63, 3.8) is 0 Å². The van der Waals surface area contributed by atoms with Crippen molar-refractivity contribution in [3.05, 3.63) is 125 Å². The zero-order valence-electron chi connectivity index (χ0n) is 25.9. The van der Waals surface area contributed by atoms with E-state index in [4.69, 9.17) is 16.3 Å². The first-order valence-electron chi connectivity index (χ1n) is 14.8. The lowest BCUT2D eigenvalue weighted by atomic mass is 10.0. The van der Waals surface area contributed by atoms with Crippen molar-refractivity contribution in [3.8, 4) is 5.75 Å². The molecule has 0 aromatic heterocycles. The molecule has 4 rings (SSSR count). The lowest BCUT2D eigenvalue weighted by molar-refractivity contribution is -0.140. The second-order valence-electron chi connectivity index (χ2n) is 10.8. The third kappa shape index (κ3) is 8.64. The van der Waals surface area contributed by atoms with Crippen LogP contribution in [0.4, 0.5) is 10.1 Å². The largest absolute Gasteiger partial charge is 0.497 e. The van der Waals surface area contributed by atoms with Gasteiger partial charge in [0.25, 0.3) is 10.0 Å². The molecule has 2 amide bonds. The number of hydrogen-bond acceptors (Lipinski definition) is 5. The normalized spacial score (nSPS) is 12.5. The van der Waals surface area contributed by atoms with Gasteiger partial charge in [-0.3, -0.25) is 13.9 Å². The molecule has 0 bridgehead atoms. The number of sulfonamides is 1. The van der Waals surface area contributed by atoms with E-state index in [-0.39, 0.29) is 40.5 Å². The van der Waals surface area contributed by atoms with Gasteiger partial charge in [-0.2, -0.15) is 0 Å². The van der Waals surface area contributed by atoms with Gasteiger partial charge in [-0.15, -0.1) is 0 Å². The van der Waals surface area contributed by atoms with Gasteiger partial charge in [0, 0.05) is 19.0 Å². The molecule has 0 heterocycles. The van der Waals surface area contributed by atoms with Crippen LogP contribution in [0.1, 0.15) is 31.4 Å². The average Bonchev–Trinajstić information content (AvgIpc) is 3.07. The molecule has 0 unspecified atom stereocenters. The number of carbonyl (C=O) groups excluding carboxylic acids is 2. The Balaban J connectivity index is 1.83. The van der Waals surface area contributed by atoms with E-state index >= 15 is 0 Å². The van der Waals surface area contributed by atoms with Crippen LogP contribution in [-0.2, 0) is 32.6 Å². The van der Waals surface area contributed by atoms with Crippen LogP contribution in [-0.4, -0.2) is 50.9 Å². The maximum atomic E-state index is 14.5. The van der Waals surface area contributed by atoms with Crippen molar-refractivity contribution < 1.29 is 27.1 Å². The highest BCUT2D eigenvalue weighted by Gasteiger charge is 2.35. The van der Waals surface area contributed by atoms with Gasteiger partial charge in [0.2, 0.25) is 11.8 Å². The molecule has 0 aliphatic heterocycles. The Morgan fingerprint density at radius 1 is 0.913 bits per heavy atom. The summed E-state index contributed by atoms with van der Waals surface area (Å²) in [5, 5.41) is 2.70. The van der Waals surface area contributed by atoms with Crippen molar-refractivity contribution in [1.82, 2.24) is 10.2 Å². The number of halogens is 2. The van der Waals surface area contributed by atoms with Crippen LogP contribution in [0.5, 0.6) is 5.75 Å². The van der Waals surface area contributed by atoms with E-state index in [2.05, 4.69) is 5.32 Å². The molecule has 0 radical (unpaired) electrons. The predicted octanol–water partition coefficient (Wildman–Crippen LogP) is 6.24. The molecule has 4 aromatic carbocycles. The van der Waals surface area contributed by atoms with Crippen molar-refractivity contribution in [2.45, 2.75) is 50.2 Å². The number of ether oxygens (including phenoxy) is 1. The van der Waals surface area contributed by atoms with Crippen molar-refractivity contribution in [1.29, 1.82) is 0 Å². The third-order valence-corrected chi connectivity index (χ3v) is 9.64. The number of methoxy groups -OCH3 is 1. The Labute approximate surface area is 274 Å². The summed E-state index contributed by atoms with van der Waals surface area (Å²) in [5.74, 6) is -1.21. The smallest absolute Gasteiger partial charge is 0.264 e. The molecule has 8 nitrogen and oxygen atoms in total. The molecule has 4 aromatic rings. The Bertz CT molecular complexity index is 1740. The zero-order chi connectivity index (χ0) is 33.3. The van der Waals surface area contributed by atoms with E-state index in [1.54, 1.807) is 42.5 Å². The lowest BCUT2D eigenvalue weighted by Crippen LogP contribution is -2.54. The molecule has 1 N–H and O–H groups in total. The molecule has 11 heteroatoms. The molecule has 0 saturated carbocycles. The van der Waals surface area contributed by atoms with Crippen LogP contribution in [0.15, 0.2) is 108 Å². The number of benzene rings is 4. The highest BCUT2D eigenvalue weighted by molar-refractivity contribution is 7.92. The minimum absolute atomic E-state index is 0.00593. The molecule has 0 fully saturated rings. The first kappa shape index (κ1) is 34.5. The minimum Gasteiger partial charge on any atom is -0.497 e. The van der Waals surface area contributed by atoms with Gasteiger partial charge in [-0.25, -0.2) is 12.8 Å². The lowest BCUT2D eigenvalue weighted by Gasteiger charge is -2.34. The number of nitrogens with one attached hydrogen (secondary N) is 1. The van der Waals surface area contributed by atoms with Crippen LogP contribution < -0.4 is 14.4 Å². The highest BCUT2D eigenvalue weighted by atomic mass is 35.5. The molecular weight excluding hydrogens is 629 g/mol. The number of carbonyl (C=O) groups is 2. The summed E-state index contributed by atoms with van der Waals surface area (Å²) in [7, 11) is -2.81. The number of nitrogens with zero attached hydrogens (tertiary/aromatic N) is 2. The van der Waals surface area contributed by atoms with Gasteiger partial charge >= 0.3 is 0 Å². The van der Waals surface area contributed by atoms with E-state index in [9.17, 15) is 22.4 Å². The van der Waals surface area contributed by atoms with Gasteiger partial charge < -0.3 is 15.0 Å². The topological polar surface area (TPSA) is 96.0 Å². The fraction of sp³-hybridized carbons (Fsp3) is 0.257. The SMILES string of the molecule is CC[C@H](C)NC(=O)[C@@H](Cc1ccccc1)N(Cc1cccc(OC)c1)C(=O)CN(c1ccc(F)c(Cl)c1)S(=O)(=O)c1ccccc1. The van der Waals surface area contributed by atoms with E-state index in [0.29, 0.717) is 17.7 Å². The molecule has 46 heavy (non-hydrogen) atoms. The van der Waals surface area contributed by atoms with Crippen molar-refractivity contribution in [2.75, 3.05) is 18.0 Å². The quantitative estimate of drug-likeness (QED) is 0.172. The number of hydrogen-bond donors (Lipinski definition) is 1. The van der Waals surface area contributed by atoms with Crippen LogP contribution in [0.2, 0.25) is 5.02 Å². The molecule has 242 valence electrons. The molecule has 0 aliphatic rings. The van der Waals surface area contributed by atoms with Gasteiger partial charge in [0.05, 0.1) is 22.7 Å². The van der Waals surface area contributed by atoms with Gasteiger partial charge in [0.15, 0.2) is 0 Å². The second kappa shape index (κ2) is 15.7. The second-order valence-corrected chi connectivity index (χ2v) is 13.1. The van der Waals surface area contributed by atoms with Crippen LogP contribution in [0.25, 0.3) is 0 Å². The van der Waals surface area contributed by atoms with E-state index in [1.165, 1.54) is 30.2 Å². The van der Waals surface area contributed by atoms with Crippen LogP contribution in [0.3, 0.4) is 0 Å². The summed E-state index contributed by atoms with van der Waals surface area (Å²) >= 11 is 6.08. The fourth-order valence-electron chi connectivity index (χ4n) is 4.85. The Morgan fingerprint density at radius 3 is 2.20 bits per heavy atom. The van der Waals surface area contributed by atoms with Crippen LogP contribution >= 0.6 is 11.6 Å². The van der Waals surface area contributed by atoms with E-state index in [0.717, 1.165) is 22.0 Å². The highest BCUT2D eigenvalue weighted by Crippen LogP contribution is 2.29. The van der Waals surface area contributed by atoms with E-state index < -0.39 is 34.3 Å². The molecular formula is C35H37ClFN3O5S. The zero-order valence-corrected chi connectivity index (χ0v) is 27.5. The predicted molar refractivity (Wildman–Crippen MR) is 178 cm³/mol. The molecule has 2 atom stereocenters. The summed E-state index contributed by atoms with van der Waals surface area (Å²) in [5.41, 5.74) is 1.48. The van der Waals surface area contributed by atoms with Gasteiger partial charge in [0.1, 0.15) is 24.2 Å². The average molecular weight is 666 g/mol. The maximum absolute atomic E-state index is 14.5. The standard InChI is InChI=1S/C35H37ClFN3O5S/c1-4-25(2)38-35(42)33(21-26-12-7-5-8-13-26)39(23-27-14-11-15-29(20-27)45-3)34(41)24-40(28-18-19-32(37)31(36)22-28)46(43,44)30-16-9-6-10-17-30/h5-20,22,25,33H,4,21,23-24H2,1-3H3,(H,38,42)/t25-,33+/m0/s1. The molecule has 0 aliphatic carbocycles. The number of amides is 2. The van der Waals surface area contributed by atoms with Crippen molar-refractivity contribution in [2.24, 2.45) is 0 Å². The Morgan fingerprint density at radius 2 is 1.57 bits per heavy atom.